The SMILES string of the molecule is CCCC(=O)OC1C(CC)=CC(=O)N1C. The Morgan fingerprint density at radius 1 is 1.53 bits per heavy atom. The van der Waals surface area contributed by atoms with E-state index in [0.717, 1.165) is 18.4 Å². The average Bonchev–Trinajstić information content (AvgIpc) is 2.46. The third-order valence-corrected chi connectivity index (χ3v) is 2.43. The normalized spacial score (nSPS) is 20.5. The van der Waals surface area contributed by atoms with Crippen LogP contribution in [-0.2, 0) is 14.3 Å². The Morgan fingerprint density at radius 2 is 2.20 bits per heavy atom. The lowest BCUT2D eigenvalue weighted by Gasteiger charge is -2.22. The smallest absolute Gasteiger partial charge is 0.307 e. The van der Waals surface area contributed by atoms with Crippen molar-refractivity contribution in [3.8, 4) is 0 Å². The zero-order chi connectivity index (χ0) is 11.4. The van der Waals surface area contributed by atoms with Crippen LogP contribution in [0.15, 0.2) is 11.6 Å². The molecule has 0 saturated carbocycles. The Labute approximate surface area is 89.9 Å². The molecule has 1 aliphatic rings. The second-order valence-electron chi connectivity index (χ2n) is 3.61. The number of ether oxygens (including phenoxy) is 1. The van der Waals surface area contributed by atoms with E-state index in [9.17, 15) is 9.59 Å². The van der Waals surface area contributed by atoms with Gasteiger partial charge in [-0.15, -0.1) is 0 Å². The minimum absolute atomic E-state index is 0.0962. The van der Waals surface area contributed by atoms with Gasteiger partial charge >= 0.3 is 5.97 Å². The summed E-state index contributed by atoms with van der Waals surface area (Å²) in [4.78, 5) is 24.1. The lowest BCUT2D eigenvalue weighted by Crippen LogP contribution is -2.35. The number of hydrogen-bond acceptors (Lipinski definition) is 3. The molecule has 0 aromatic carbocycles. The summed E-state index contributed by atoms with van der Waals surface area (Å²) < 4.78 is 5.24. The van der Waals surface area contributed by atoms with Crippen LogP contribution in [-0.4, -0.2) is 30.1 Å². The van der Waals surface area contributed by atoms with Crippen LogP contribution < -0.4 is 0 Å². The second-order valence-corrected chi connectivity index (χ2v) is 3.61. The molecule has 0 fully saturated rings. The largest absolute Gasteiger partial charge is 0.437 e. The first-order valence-electron chi connectivity index (χ1n) is 5.26. The molecule has 0 aromatic rings. The van der Waals surface area contributed by atoms with Crippen LogP contribution in [0.25, 0.3) is 0 Å². The first kappa shape index (κ1) is 11.8. The lowest BCUT2D eigenvalue weighted by molar-refractivity contribution is -0.156. The van der Waals surface area contributed by atoms with Crippen LogP contribution in [0.5, 0.6) is 0 Å². The van der Waals surface area contributed by atoms with Crippen molar-refractivity contribution in [3.05, 3.63) is 11.6 Å². The molecule has 0 bridgehead atoms. The van der Waals surface area contributed by atoms with Gasteiger partial charge in [0.25, 0.3) is 0 Å². The number of likely N-dealkylation sites (N-methyl/N-ethyl adjacent to an activating group) is 1. The summed E-state index contributed by atoms with van der Waals surface area (Å²) in [5, 5.41) is 0. The average molecular weight is 211 g/mol. The zero-order valence-corrected chi connectivity index (χ0v) is 9.45. The number of nitrogens with zero attached hydrogens (tertiary/aromatic N) is 1. The van der Waals surface area contributed by atoms with Gasteiger partial charge in [-0.2, -0.15) is 0 Å². The van der Waals surface area contributed by atoms with Crippen LogP contribution in [0.2, 0.25) is 0 Å². The van der Waals surface area contributed by atoms with E-state index >= 15 is 0 Å². The first-order valence-corrected chi connectivity index (χ1v) is 5.26. The van der Waals surface area contributed by atoms with Gasteiger partial charge in [0.05, 0.1) is 0 Å². The summed E-state index contributed by atoms with van der Waals surface area (Å²) >= 11 is 0. The van der Waals surface area contributed by atoms with E-state index in [4.69, 9.17) is 4.74 Å². The van der Waals surface area contributed by atoms with Crippen LogP contribution in [0, 0.1) is 0 Å². The molecule has 1 atom stereocenters. The predicted octanol–water partition coefficient (Wildman–Crippen LogP) is 1.46. The van der Waals surface area contributed by atoms with Gasteiger partial charge in [-0.1, -0.05) is 13.8 Å². The van der Waals surface area contributed by atoms with E-state index in [0.29, 0.717) is 6.42 Å². The van der Waals surface area contributed by atoms with E-state index in [1.54, 1.807) is 13.1 Å². The fourth-order valence-corrected chi connectivity index (χ4v) is 1.51. The van der Waals surface area contributed by atoms with E-state index in [2.05, 4.69) is 0 Å². The van der Waals surface area contributed by atoms with Crippen molar-refractivity contribution in [2.24, 2.45) is 0 Å². The monoisotopic (exact) mass is 211 g/mol. The minimum Gasteiger partial charge on any atom is -0.437 e. The van der Waals surface area contributed by atoms with Crippen LogP contribution in [0.3, 0.4) is 0 Å². The van der Waals surface area contributed by atoms with Crippen molar-refractivity contribution in [1.29, 1.82) is 0 Å². The van der Waals surface area contributed by atoms with Crippen molar-refractivity contribution in [3.63, 3.8) is 0 Å². The highest BCUT2D eigenvalue weighted by Gasteiger charge is 2.31. The number of esters is 1. The van der Waals surface area contributed by atoms with Crippen molar-refractivity contribution in [2.45, 2.75) is 39.3 Å². The minimum atomic E-state index is -0.485. The molecule has 1 aliphatic heterocycles. The van der Waals surface area contributed by atoms with E-state index in [1.807, 2.05) is 13.8 Å². The summed E-state index contributed by atoms with van der Waals surface area (Å²) in [6, 6.07) is 0. The standard InChI is InChI=1S/C11H17NO3/c1-4-6-10(14)15-11-8(5-2)7-9(13)12(11)3/h7,11H,4-6H2,1-3H3. The summed E-state index contributed by atoms with van der Waals surface area (Å²) in [7, 11) is 1.64. The summed E-state index contributed by atoms with van der Waals surface area (Å²) in [5.41, 5.74) is 0.868. The number of carbonyl (C=O) groups is 2. The van der Waals surface area contributed by atoms with E-state index in [1.165, 1.54) is 4.90 Å². The van der Waals surface area contributed by atoms with Gasteiger partial charge in [0.15, 0.2) is 0 Å². The Kier molecular flexibility index (Phi) is 3.88. The Bertz CT molecular complexity index is 296. The van der Waals surface area contributed by atoms with E-state index < -0.39 is 6.23 Å². The van der Waals surface area contributed by atoms with Crippen LogP contribution >= 0.6 is 0 Å². The molecule has 1 heterocycles. The highest BCUT2D eigenvalue weighted by Crippen LogP contribution is 2.22. The number of amides is 1. The molecule has 0 spiro atoms. The Balaban J connectivity index is 2.64. The topological polar surface area (TPSA) is 46.6 Å². The Morgan fingerprint density at radius 3 is 2.73 bits per heavy atom. The fourth-order valence-electron chi connectivity index (χ4n) is 1.51. The number of carbonyl (C=O) groups excluding carboxylic acids is 2. The second kappa shape index (κ2) is 4.96. The summed E-state index contributed by atoms with van der Waals surface area (Å²) in [5.74, 6) is -0.343. The Hall–Kier alpha value is -1.32. The highest BCUT2D eigenvalue weighted by atomic mass is 16.6. The molecule has 4 heteroatoms. The summed E-state index contributed by atoms with van der Waals surface area (Å²) in [6.45, 7) is 3.86. The third-order valence-electron chi connectivity index (χ3n) is 2.43. The quantitative estimate of drug-likeness (QED) is 0.661. The highest BCUT2D eigenvalue weighted by molar-refractivity contribution is 5.91. The maximum Gasteiger partial charge on any atom is 0.307 e. The van der Waals surface area contributed by atoms with Crippen molar-refractivity contribution < 1.29 is 14.3 Å². The van der Waals surface area contributed by atoms with Crippen molar-refractivity contribution in [2.75, 3.05) is 7.05 Å². The molecule has 1 unspecified atom stereocenters. The third kappa shape index (κ3) is 2.58. The molecule has 0 saturated heterocycles. The van der Waals surface area contributed by atoms with Gasteiger partial charge in [-0.05, 0) is 18.4 Å². The summed E-state index contributed by atoms with van der Waals surface area (Å²) in [6.07, 6.45) is 2.94. The molecule has 0 aliphatic carbocycles. The molecular weight excluding hydrogens is 194 g/mol. The van der Waals surface area contributed by atoms with Gasteiger partial charge < -0.3 is 9.64 Å². The molecule has 1 rings (SSSR count). The van der Waals surface area contributed by atoms with Gasteiger partial charge in [0.1, 0.15) is 0 Å². The molecule has 0 aromatic heterocycles. The van der Waals surface area contributed by atoms with Gasteiger partial charge in [-0.25, -0.2) is 0 Å². The van der Waals surface area contributed by atoms with Gasteiger partial charge in [-0.3, -0.25) is 9.59 Å². The molecule has 0 radical (unpaired) electrons. The van der Waals surface area contributed by atoms with Crippen molar-refractivity contribution in [1.82, 2.24) is 4.90 Å². The number of rotatable bonds is 4. The lowest BCUT2D eigenvalue weighted by atomic mass is 10.2. The van der Waals surface area contributed by atoms with Crippen LogP contribution in [0.4, 0.5) is 0 Å². The molecule has 0 N–H and O–H groups in total. The van der Waals surface area contributed by atoms with Gasteiger partial charge in [0.2, 0.25) is 12.1 Å². The molecule has 84 valence electrons. The zero-order valence-electron chi connectivity index (χ0n) is 9.45. The fraction of sp³-hybridized carbons (Fsp3) is 0.636. The van der Waals surface area contributed by atoms with E-state index in [-0.39, 0.29) is 11.9 Å². The molecule has 1 amide bonds. The maximum absolute atomic E-state index is 11.4. The number of hydrogen-bond donors (Lipinski definition) is 0. The first-order chi connectivity index (χ1) is 7.10. The van der Waals surface area contributed by atoms with Crippen molar-refractivity contribution >= 4 is 11.9 Å². The molecular formula is C11H17NO3. The molecule has 15 heavy (non-hydrogen) atoms. The maximum atomic E-state index is 11.4. The predicted molar refractivity (Wildman–Crippen MR) is 55.9 cm³/mol. The molecule has 4 nitrogen and oxygen atoms in total. The van der Waals surface area contributed by atoms with Crippen LogP contribution in [0.1, 0.15) is 33.1 Å². The van der Waals surface area contributed by atoms with Gasteiger partial charge in [0, 0.05) is 19.5 Å².